The summed E-state index contributed by atoms with van der Waals surface area (Å²) in [5, 5.41) is 3.51. The van der Waals surface area contributed by atoms with Crippen LogP contribution in [0.3, 0.4) is 0 Å². The molecule has 1 aliphatic carbocycles. The van der Waals surface area contributed by atoms with E-state index in [1.165, 1.54) is 18.4 Å². The van der Waals surface area contributed by atoms with Crippen LogP contribution in [0.15, 0.2) is 35.9 Å². The fourth-order valence-corrected chi connectivity index (χ4v) is 3.20. The number of amides is 2. The number of carbonyl (C=O) groups is 2. The summed E-state index contributed by atoms with van der Waals surface area (Å²) in [7, 11) is 0. The molecule has 0 radical (unpaired) electrons. The Morgan fingerprint density at radius 2 is 2.00 bits per heavy atom. The van der Waals surface area contributed by atoms with Crippen molar-refractivity contribution in [1.82, 2.24) is 10.2 Å². The van der Waals surface area contributed by atoms with Crippen molar-refractivity contribution in [1.29, 1.82) is 0 Å². The van der Waals surface area contributed by atoms with Gasteiger partial charge in [0.2, 0.25) is 11.8 Å². The lowest BCUT2D eigenvalue weighted by molar-refractivity contribution is -0.129. The zero-order valence-electron chi connectivity index (χ0n) is 14.9. The molecule has 0 aliphatic heterocycles. The third-order valence-electron chi connectivity index (χ3n) is 4.58. The fraction of sp³-hybridized carbons (Fsp3) is 0.500. The molecule has 0 heterocycles. The van der Waals surface area contributed by atoms with Gasteiger partial charge in [-0.3, -0.25) is 9.59 Å². The minimum atomic E-state index is -0.0666. The molecule has 0 fully saturated rings. The highest BCUT2D eigenvalue weighted by Crippen LogP contribution is 2.20. The van der Waals surface area contributed by atoms with Gasteiger partial charge in [0.1, 0.15) is 0 Å². The van der Waals surface area contributed by atoms with E-state index in [0.717, 1.165) is 24.8 Å². The van der Waals surface area contributed by atoms with Crippen molar-refractivity contribution in [3.8, 4) is 0 Å². The second kappa shape index (κ2) is 10.2. The molecule has 1 aliphatic rings. The minimum Gasteiger partial charge on any atom is -0.352 e. The van der Waals surface area contributed by atoms with Gasteiger partial charge in [-0.2, -0.15) is 0 Å². The zero-order chi connectivity index (χ0) is 18.1. The predicted octanol–water partition coefficient (Wildman–Crippen LogP) is 4.09. The van der Waals surface area contributed by atoms with Gasteiger partial charge in [0, 0.05) is 38.0 Å². The predicted molar refractivity (Wildman–Crippen MR) is 101 cm³/mol. The normalized spacial score (nSPS) is 13.9. The number of halogens is 1. The lowest BCUT2D eigenvalue weighted by Crippen LogP contribution is -2.34. The van der Waals surface area contributed by atoms with Crippen molar-refractivity contribution in [2.75, 3.05) is 13.1 Å². The van der Waals surface area contributed by atoms with Crippen LogP contribution in [-0.4, -0.2) is 29.8 Å². The molecule has 0 aromatic heterocycles. The maximum absolute atomic E-state index is 12.1. The number of hydrogen-bond acceptors (Lipinski definition) is 2. The molecule has 25 heavy (non-hydrogen) atoms. The SMILES string of the molecule is CC(=O)N(CCC(=O)NCc1ccccc1Cl)CCC1=CCCCC1. The van der Waals surface area contributed by atoms with E-state index in [2.05, 4.69) is 11.4 Å². The monoisotopic (exact) mass is 362 g/mol. The first-order chi connectivity index (χ1) is 12.1. The van der Waals surface area contributed by atoms with Crippen LogP contribution in [0.25, 0.3) is 0 Å². The number of allylic oxidation sites excluding steroid dienone is 1. The van der Waals surface area contributed by atoms with Crippen LogP contribution < -0.4 is 5.32 Å². The van der Waals surface area contributed by atoms with Crippen LogP contribution in [0, 0.1) is 0 Å². The van der Waals surface area contributed by atoms with Crippen LogP contribution in [0.4, 0.5) is 0 Å². The Morgan fingerprint density at radius 3 is 2.68 bits per heavy atom. The molecular formula is C20H27ClN2O2. The summed E-state index contributed by atoms with van der Waals surface area (Å²) < 4.78 is 0. The average Bonchev–Trinajstić information content (AvgIpc) is 2.61. The Labute approximate surface area is 155 Å². The first kappa shape index (κ1) is 19.5. The summed E-state index contributed by atoms with van der Waals surface area (Å²) in [6.45, 7) is 3.12. The van der Waals surface area contributed by atoms with E-state index in [0.29, 0.717) is 31.1 Å². The van der Waals surface area contributed by atoms with E-state index in [9.17, 15) is 9.59 Å². The molecule has 0 atom stereocenters. The first-order valence-electron chi connectivity index (χ1n) is 9.00. The maximum atomic E-state index is 12.1. The molecule has 0 spiro atoms. The van der Waals surface area contributed by atoms with E-state index in [1.807, 2.05) is 18.2 Å². The van der Waals surface area contributed by atoms with Crippen molar-refractivity contribution in [2.24, 2.45) is 0 Å². The quantitative estimate of drug-likeness (QED) is 0.708. The van der Waals surface area contributed by atoms with Gasteiger partial charge in [-0.25, -0.2) is 0 Å². The van der Waals surface area contributed by atoms with Crippen molar-refractivity contribution in [3.05, 3.63) is 46.5 Å². The lowest BCUT2D eigenvalue weighted by atomic mass is 9.97. The van der Waals surface area contributed by atoms with E-state index in [4.69, 9.17) is 11.6 Å². The molecule has 0 unspecified atom stereocenters. The van der Waals surface area contributed by atoms with Gasteiger partial charge in [-0.15, -0.1) is 0 Å². The van der Waals surface area contributed by atoms with E-state index >= 15 is 0 Å². The maximum Gasteiger partial charge on any atom is 0.222 e. The van der Waals surface area contributed by atoms with Crippen molar-refractivity contribution in [3.63, 3.8) is 0 Å². The van der Waals surface area contributed by atoms with Gasteiger partial charge >= 0.3 is 0 Å². The Bertz CT molecular complexity index is 628. The summed E-state index contributed by atoms with van der Waals surface area (Å²) in [5.74, 6) is -0.0432. The fourth-order valence-electron chi connectivity index (χ4n) is 3.00. The van der Waals surface area contributed by atoms with Gasteiger partial charge < -0.3 is 10.2 Å². The van der Waals surface area contributed by atoms with Gasteiger partial charge in [0.05, 0.1) is 0 Å². The van der Waals surface area contributed by atoms with Gasteiger partial charge in [0.15, 0.2) is 0 Å². The third kappa shape index (κ3) is 6.91. The molecule has 5 heteroatoms. The second-order valence-electron chi connectivity index (χ2n) is 6.48. The first-order valence-corrected chi connectivity index (χ1v) is 9.37. The Balaban J connectivity index is 1.74. The molecule has 1 aromatic carbocycles. The highest BCUT2D eigenvalue weighted by atomic mass is 35.5. The third-order valence-corrected chi connectivity index (χ3v) is 4.94. The van der Waals surface area contributed by atoms with Crippen LogP contribution in [0.1, 0.15) is 51.0 Å². The number of benzene rings is 1. The topological polar surface area (TPSA) is 49.4 Å². The molecule has 0 bridgehead atoms. The molecule has 1 aromatic rings. The molecular weight excluding hydrogens is 336 g/mol. The molecule has 4 nitrogen and oxygen atoms in total. The molecule has 2 amide bonds. The average molecular weight is 363 g/mol. The summed E-state index contributed by atoms with van der Waals surface area (Å²) in [5.41, 5.74) is 2.34. The zero-order valence-corrected chi connectivity index (χ0v) is 15.6. The standard InChI is InChI=1S/C20H27ClN2O2/c1-16(24)23(13-11-17-7-3-2-4-8-17)14-12-20(25)22-15-18-9-5-6-10-19(18)21/h5-7,9-10H,2-4,8,11-15H2,1H3,(H,22,25). The van der Waals surface area contributed by atoms with Gasteiger partial charge in [-0.1, -0.05) is 41.4 Å². The summed E-state index contributed by atoms with van der Waals surface area (Å²) in [6, 6.07) is 7.45. The highest BCUT2D eigenvalue weighted by molar-refractivity contribution is 6.31. The number of nitrogens with one attached hydrogen (secondary N) is 1. The Kier molecular flexibility index (Phi) is 7.99. The van der Waals surface area contributed by atoms with E-state index in [1.54, 1.807) is 17.9 Å². The van der Waals surface area contributed by atoms with Crippen LogP contribution in [0.5, 0.6) is 0 Å². The Morgan fingerprint density at radius 1 is 1.20 bits per heavy atom. The van der Waals surface area contributed by atoms with Gasteiger partial charge in [0.25, 0.3) is 0 Å². The van der Waals surface area contributed by atoms with E-state index < -0.39 is 0 Å². The van der Waals surface area contributed by atoms with Crippen molar-refractivity contribution < 1.29 is 9.59 Å². The number of hydrogen-bond donors (Lipinski definition) is 1. The van der Waals surface area contributed by atoms with Gasteiger partial charge in [-0.05, 0) is 43.7 Å². The number of nitrogens with zero attached hydrogens (tertiary/aromatic N) is 1. The highest BCUT2D eigenvalue weighted by Gasteiger charge is 2.13. The van der Waals surface area contributed by atoms with Crippen LogP contribution in [-0.2, 0) is 16.1 Å². The number of rotatable bonds is 8. The molecule has 2 rings (SSSR count). The molecule has 0 saturated carbocycles. The summed E-state index contributed by atoms with van der Waals surface area (Å²) in [6.07, 6.45) is 8.34. The van der Waals surface area contributed by atoms with Crippen LogP contribution in [0.2, 0.25) is 5.02 Å². The lowest BCUT2D eigenvalue weighted by Gasteiger charge is -2.22. The molecule has 0 saturated heterocycles. The summed E-state index contributed by atoms with van der Waals surface area (Å²) in [4.78, 5) is 25.6. The summed E-state index contributed by atoms with van der Waals surface area (Å²) >= 11 is 6.08. The molecule has 136 valence electrons. The largest absolute Gasteiger partial charge is 0.352 e. The Hall–Kier alpha value is -1.81. The van der Waals surface area contributed by atoms with Crippen molar-refractivity contribution >= 4 is 23.4 Å². The number of carbonyl (C=O) groups excluding carboxylic acids is 2. The van der Waals surface area contributed by atoms with Crippen LogP contribution >= 0.6 is 11.6 Å². The smallest absolute Gasteiger partial charge is 0.222 e. The molecule has 1 N–H and O–H groups in total. The second-order valence-corrected chi connectivity index (χ2v) is 6.89. The van der Waals surface area contributed by atoms with Crippen molar-refractivity contribution in [2.45, 2.75) is 52.0 Å². The minimum absolute atomic E-state index is 0.0234. The van der Waals surface area contributed by atoms with E-state index in [-0.39, 0.29) is 11.8 Å².